The van der Waals surface area contributed by atoms with Gasteiger partial charge in [-0.15, -0.1) is 0 Å². The highest BCUT2D eigenvalue weighted by Gasteiger charge is 2.31. The molecule has 0 bridgehead atoms. The van der Waals surface area contributed by atoms with Crippen molar-refractivity contribution in [2.45, 2.75) is 25.4 Å². The molecule has 0 saturated carbocycles. The number of nitrogens with zero attached hydrogens (tertiary/aromatic N) is 2. The predicted molar refractivity (Wildman–Crippen MR) is 102 cm³/mol. The zero-order valence-corrected chi connectivity index (χ0v) is 14.8. The van der Waals surface area contributed by atoms with E-state index in [-0.39, 0.29) is 11.8 Å². The van der Waals surface area contributed by atoms with Gasteiger partial charge in [0.1, 0.15) is 0 Å². The van der Waals surface area contributed by atoms with E-state index in [0.717, 1.165) is 17.5 Å². The Hall–Kier alpha value is -2.72. The maximum absolute atomic E-state index is 12.7. The lowest BCUT2D eigenvalue weighted by Crippen LogP contribution is -2.45. The number of benzene rings is 2. The first-order chi connectivity index (χ1) is 12.6. The standard InChI is InChI=1S/C22H22N2O2/c1-15-10-19(13-23-12-15)22(26)24-9-8-20(21(25)14-24)18-7-6-16-4-2-3-5-17(16)11-18/h2-7,10-13,20-21,25H,8-9,14H2,1H3/t20-,21+/m1/s1. The van der Waals surface area contributed by atoms with Crippen LogP contribution in [0.2, 0.25) is 0 Å². The normalized spacial score (nSPS) is 20.3. The fraction of sp³-hybridized carbons (Fsp3) is 0.273. The lowest BCUT2D eigenvalue weighted by atomic mass is 9.86. The Morgan fingerprint density at radius 2 is 1.92 bits per heavy atom. The van der Waals surface area contributed by atoms with Crippen molar-refractivity contribution in [3.8, 4) is 0 Å². The number of aliphatic hydroxyl groups is 1. The van der Waals surface area contributed by atoms with E-state index in [2.05, 4.69) is 35.3 Å². The van der Waals surface area contributed by atoms with Crippen molar-refractivity contribution in [3.05, 3.63) is 77.6 Å². The van der Waals surface area contributed by atoms with E-state index in [1.807, 2.05) is 25.1 Å². The number of carbonyl (C=O) groups is 1. The van der Waals surface area contributed by atoms with Gasteiger partial charge >= 0.3 is 0 Å². The first kappa shape index (κ1) is 16.7. The molecule has 3 aromatic rings. The molecule has 2 atom stereocenters. The molecule has 1 amide bonds. The van der Waals surface area contributed by atoms with Crippen LogP contribution in [0.3, 0.4) is 0 Å². The maximum Gasteiger partial charge on any atom is 0.255 e. The highest BCUT2D eigenvalue weighted by Crippen LogP contribution is 2.31. The summed E-state index contributed by atoms with van der Waals surface area (Å²) in [5.74, 6) is -0.00324. The third-order valence-electron chi connectivity index (χ3n) is 5.19. The summed E-state index contributed by atoms with van der Waals surface area (Å²) < 4.78 is 0. The summed E-state index contributed by atoms with van der Waals surface area (Å²) in [5, 5.41) is 13.1. The molecule has 0 spiro atoms. The van der Waals surface area contributed by atoms with Crippen molar-refractivity contribution in [1.82, 2.24) is 9.88 Å². The van der Waals surface area contributed by atoms with Gasteiger partial charge in [-0.3, -0.25) is 9.78 Å². The molecule has 0 radical (unpaired) electrons. The molecule has 1 aliphatic heterocycles. The second-order valence-electron chi connectivity index (χ2n) is 7.07. The molecular weight excluding hydrogens is 324 g/mol. The number of likely N-dealkylation sites (tertiary alicyclic amines) is 1. The third-order valence-corrected chi connectivity index (χ3v) is 5.19. The number of aryl methyl sites for hydroxylation is 1. The van der Waals surface area contributed by atoms with Crippen LogP contribution in [0, 0.1) is 6.92 Å². The number of rotatable bonds is 2. The number of hydrogen-bond acceptors (Lipinski definition) is 3. The molecule has 0 unspecified atom stereocenters. The Labute approximate surface area is 153 Å². The van der Waals surface area contributed by atoms with Crippen molar-refractivity contribution in [2.75, 3.05) is 13.1 Å². The number of aliphatic hydroxyl groups excluding tert-OH is 1. The van der Waals surface area contributed by atoms with Crippen molar-refractivity contribution < 1.29 is 9.90 Å². The van der Waals surface area contributed by atoms with E-state index >= 15 is 0 Å². The van der Waals surface area contributed by atoms with Gasteiger partial charge in [-0.25, -0.2) is 0 Å². The fourth-order valence-corrected chi connectivity index (χ4v) is 3.80. The van der Waals surface area contributed by atoms with Gasteiger partial charge in [0.25, 0.3) is 5.91 Å². The Balaban J connectivity index is 1.51. The molecule has 4 rings (SSSR count). The summed E-state index contributed by atoms with van der Waals surface area (Å²) in [5.41, 5.74) is 2.68. The van der Waals surface area contributed by atoms with Gasteiger partial charge in [0.2, 0.25) is 0 Å². The summed E-state index contributed by atoms with van der Waals surface area (Å²) >= 11 is 0. The summed E-state index contributed by atoms with van der Waals surface area (Å²) in [6.07, 6.45) is 3.52. The number of aromatic nitrogens is 1. The Kier molecular flexibility index (Phi) is 4.43. The Morgan fingerprint density at radius 1 is 1.12 bits per heavy atom. The minimum Gasteiger partial charge on any atom is -0.391 e. The zero-order valence-electron chi connectivity index (χ0n) is 14.8. The SMILES string of the molecule is Cc1cncc(C(=O)N2CC[C@H](c3ccc4ccccc4c3)[C@@H](O)C2)c1. The quantitative estimate of drug-likeness (QED) is 0.772. The van der Waals surface area contributed by atoms with E-state index in [4.69, 9.17) is 0 Å². The number of pyridine rings is 1. The van der Waals surface area contributed by atoms with E-state index < -0.39 is 6.10 Å². The van der Waals surface area contributed by atoms with Crippen LogP contribution in [-0.4, -0.2) is 40.1 Å². The number of carbonyl (C=O) groups excluding carboxylic acids is 1. The van der Waals surface area contributed by atoms with Crippen LogP contribution >= 0.6 is 0 Å². The molecular formula is C22H22N2O2. The monoisotopic (exact) mass is 346 g/mol. The lowest BCUT2D eigenvalue weighted by molar-refractivity contribution is 0.0382. The molecule has 1 aromatic heterocycles. The summed E-state index contributed by atoms with van der Waals surface area (Å²) in [7, 11) is 0. The van der Waals surface area contributed by atoms with Gasteiger partial charge in [-0.1, -0.05) is 42.5 Å². The van der Waals surface area contributed by atoms with Gasteiger partial charge in [0.15, 0.2) is 0 Å². The minimum absolute atomic E-state index is 0.0549. The number of hydrogen-bond donors (Lipinski definition) is 1. The zero-order chi connectivity index (χ0) is 18.1. The average molecular weight is 346 g/mol. The van der Waals surface area contributed by atoms with Gasteiger partial charge in [-0.2, -0.15) is 0 Å². The van der Waals surface area contributed by atoms with E-state index in [1.54, 1.807) is 17.3 Å². The number of fused-ring (bicyclic) bond motifs is 1. The topological polar surface area (TPSA) is 53.4 Å². The van der Waals surface area contributed by atoms with E-state index in [0.29, 0.717) is 18.7 Å². The molecule has 1 fully saturated rings. The van der Waals surface area contributed by atoms with Crippen LogP contribution in [0.15, 0.2) is 60.9 Å². The first-order valence-corrected chi connectivity index (χ1v) is 8.99. The molecule has 2 aromatic carbocycles. The molecule has 4 heteroatoms. The van der Waals surface area contributed by atoms with Crippen molar-refractivity contribution in [3.63, 3.8) is 0 Å². The van der Waals surface area contributed by atoms with E-state index in [1.165, 1.54) is 10.8 Å². The van der Waals surface area contributed by atoms with Crippen LogP contribution in [-0.2, 0) is 0 Å². The van der Waals surface area contributed by atoms with Gasteiger partial charge in [0, 0.05) is 31.4 Å². The molecule has 1 aliphatic rings. The predicted octanol–water partition coefficient (Wildman–Crippen LogP) is 3.53. The Morgan fingerprint density at radius 3 is 2.69 bits per heavy atom. The molecule has 1 N–H and O–H groups in total. The summed E-state index contributed by atoms with van der Waals surface area (Å²) in [4.78, 5) is 18.5. The smallest absolute Gasteiger partial charge is 0.255 e. The first-order valence-electron chi connectivity index (χ1n) is 8.99. The van der Waals surface area contributed by atoms with Gasteiger partial charge in [0.05, 0.1) is 11.7 Å². The summed E-state index contributed by atoms with van der Waals surface area (Å²) in [6, 6.07) is 16.4. The molecule has 4 nitrogen and oxygen atoms in total. The van der Waals surface area contributed by atoms with Crippen LogP contribution in [0.5, 0.6) is 0 Å². The van der Waals surface area contributed by atoms with Crippen LogP contribution < -0.4 is 0 Å². The summed E-state index contributed by atoms with van der Waals surface area (Å²) in [6.45, 7) is 2.91. The van der Waals surface area contributed by atoms with Crippen molar-refractivity contribution in [2.24, 2.45) is 0 Å². The molecule has 1 saturated heterocycles. The molecule has 132 valence electrons. The largest absolute Gasteiger partial charge is 0.391 e. The number of amides is 1. The minimum atomic E-state index is -0.563. The van der Waals surface area contributed by atoms with Gasteiger partial charge in [-0.05, 0) is 41.3 Å². The number of β-amino-alcohol motifs (C(OH)–C–C–N with tert-alkyl or cyclic N) is 1. The lowest BCUT2D eigenvalue weighted by Gasteiger charge is -2.36. The van der Waals surface area contributed by atoms with E-state index in [9.17, 15) is 9.90 Å². The van der Waals surface area contributed by atoms with Crippen LogP contribution in [0.4, 0.5) is 0 Å². The molecule has 26 heavy (non-hydrogen) atoms. The molecule has 2 heterocycles. The third kappa shape index (κ3) is 3.20. The highest BCUT2D eigenvalue weighted by molar-refractivity contribution is 5.94. The highest BCUT2D eigenvalue weighted by atomic mass is 16.3. The fourth-order valence-electron chi connectivity index (χ4n) is 3.80. The average Bonchev–Trinajstić information content (AvgIpc) is 2.67. The second-order valence-corrected chi connectivity index (χ2v) is 7.07. The van der Waals surface area contributed by atoms with Crippen molar-refractivity contribution in [1.29, 1.82) is 0 Å². The molecule has 0 aliphatic carbocycles. The number of piperidine rings is 1. The van der Waals surface area contributed by atoms with Crippen LogP contribution in [0.25, 0.3) is 10.8 Å². The van der Waals surface area contributed by atoms with Gasteiger partial charge < -0.3 is 10.0 Å². The van der Waals surface area contributed by atoms with Crippen LogP contribution in [0.1, 0.15) is 33.8 Å². The van der Waals surface area contributed by atoms with Crippen molar-refractivity contribution >= 4 is 16.7 Å². The Bertz CT molecular complexity index is 954. The second kappa shape index (κ2) is 6.89. The maximum atomic E-state index is 12.7.